The largest absolute Gasteiger partial charge is 0.398 e. The van der Waals surface area contributed by atoms with E-state index in [2.05, 4.69) is 15.7 Å². The van der Waals surface area contributed by atoms with Crippen LogP contribution in [0.1, 0.15) is 16.1 Å². The summed E-state index contributed by atoms with van der Waals surface area (Å²) >= 11 is 0. The van der Waals surface area contributed by atoms with Crippen LogP contribution in [0, 0.1) is 6.92 Å². The fourth-order valence-electron chi connectivity index (χ4n) is 1.64. The number of hydrogen-bond donors (Lipinski definition) is 3. The van der Waals surface area contributed by atoms with E-state index in [1.54, 1.807) is 42.1 Å². The van der Waals surface area contributed by atoms with Crippen LogP contribution in [-0.2, 0) is 7.05 Å². The number of nitrogens with one attached hydrogen (secondary N) is 2. The van der Waals surface area contributed by atoms with Crippen molar-refractivity contribution in [2.24, 2.45) is 7.05 Å². The minimum Gasteiger partial charge on any atom is -0.398 e. The van der Waals surface area contributed by atoms with E-state index >= 15 is 0 Å². The van der Waals surface area contributed by atoms with Crippen LogP contribution >= 0.6 is 0 Å². The van der Waals surface area contributed by atoms with Crippen LogP contribution in [0.5, 0.6) is 0 Å². The number of nitrogens with two attached hydrogens (primary N) is 1. The maximum absolute atomic E-state index is 11.9. The molecule has 0 aliphatic carbocycles. The number of nitrogen functional groups attached to an aromatic ring is 1. The molecular formula is C13H15N5O2. The van der Waals surface area contributed by atoms with Gasteiger partial charge in [-0.2, -0.15) is 5.10 Å². The molecule has 0 bridgehead atoms. The first kappa shape index (κ1) is 13.6. The molecule has 2 aromatic rings. The van der Waals surface area contributed by atoms with Crippen molar-refractivity contribution in [3.63, 3.8) is 0 Å². The molecule has 0 saturated carbocycles. The molecule has 3 amide bonds. The molecule has 0 aliphatic heterocycles. The van der Waals surface area contributed by atoms with Gasteiger partial charge in [0.15, 0.2) is 5.82 Å². The summed E-state index contributed by atoms with van der Waals surface area (Å²) in [4.78, 5) is 23.6. The molecular weight excluding hydrogens is 258 g/mol. The van der Waals surface area contributed by atoms with E-state index in [0.29, 0.717) is 11.5 Å². The van der Waals surface area contributed by atoms with Crippen LogP contribution in [-0.4, -0.2) is 21.7 Å². The second-order valence-corrected chi connectivity index (χ2v) is 4.29. The Balaban J connectivity index is 2.01. The van der Waals surface area contributed by atoms with Crippen molar-refractivity contribution in [1.82, 2.24) is 15.1 Å². The summed E-state index contributed by atoms with van der Waals surface area (Å²) in [5.74, 6) is -0.190. The molecule has 0 fully saturated rings. The highest BCUT2D eigenvalue weighted by molar-refractivity contribution is 6.09. The monoisotopic (exact) mass is 273 g/mol. The minimum atomic E-state index is -0.656. The van der Waals surface area contributed by atoms with Gasteiger partial charge in [-0.15, -0.1) is 0 Å². The van der Waals surface area contributed by atoms with Crippen LogP contribution in [0.25, 0.3) is 0 Å². The molecule has 0 saturated heterocycles. The van der Waals surface area contributed by atoms with Crippen molar-refractivity contribution < 1.29 is 9.59 Å². The minimum absolute atomic E-state index is 0.250. The predicted octanol–water partition coefficient (Wildman–Crippen LogP) is 1.27. The Labute approximate surface area is 115 Å². The standard InChI is InChI=1S/C13H15N5O2/c1-8-7-11(17-18(8)2)15-13(20)16-12(19)9-5-3-4-6-10(9)14/h3-7H,14H2,1-2H3,(H2,15,16,17,19,20). The highest BCUT2D eigenvalue weighted by Gasteiger charge is 2.13. The molecule has 1 aromatic heterocycles. The van der Waals surface area contributed by atoms with Gasteiger partial charge in [0.05, 0.1) is 5.56 Å². The van der Waals surface area contributed by atoms with E-state index in [-0.39, 0.29) is 5.56 Å². The van der Waals surface area contributed by atoms with Crippen LogP contribution in [0.4, 0.5) is 16.3 Å². The van der Waals surface area contributed by atoms with Crippen molar-refractivity contribution in [2.75, 3.05) is 11.1 Å². The molecule has 1 aromatic carbocycles. The average molecular weight is 273 g/mol. The number of carbonyl (C=O) groups is 2. The lowest BCUT2D eigenvalue weighted by Crippen LogP contribution is -2.34. The molecule has 0 atom stereocenters. The van der Waals surface area contributed by atoms with Gasteiger partial charge in [0, 0.05) is 24.5 Å². The fourth-order valence-corrected chi connectivity index (χ4v) is 1.64. The van der Waals surface area contributed by atoms with Crippen LogP contribution in [0.3, 0.4) is 0 Å². The summed E-state index contributed by atoms with van der Waals surface area (Å²) in [6.07, 6.45) is 0. The van der Waals surface area contributed by atoms with Gasteiger partial charge in [0.1, 0.15) is 0 Å². The van der Waals surface area contributed by atoms with E-state index in [4.69, 9.17) is 5.73 Å². The Morgan fingerprint density at radius 2 is 2.00 bits per heavy atom. The molecule has 0 spiro atoms. The van der Waals surface area contributed by atoms with Gasteiger partial charge in [-0.1, -0.05) is 12.1 Å². The number of para-hydroxylation sites is 1. The number of amides is 3. The van der Waals surface area contributed by atoms with Gasteiger partial charge in [-0.3, -0.25) is 20.1 Å². The Kier molecular flexibility index (Phi) is 3.69. The number of aromatic nitrogens is 2. The van der Waals surface area contributed by atoms with Gasteiger partial charge in [0.2, 0.25) is 0 Å². The molecule has 7 heteroatoms. The number of imide groups is 1. The lowest BCUT2D eigenvalue weighted by atomic mass is 10.2. The molecule has 2 rings (SSSR count). The summed E-state index contributed by atoms with van der Waals surface area (Å²) in [6.45, 7) is 1.85. The molecule has 7 nitrogen and oxygen atoms in total. The molecule has 20 heavy (non-hydrogen) atoms. The van der Waals surface area contributed by atoms with Gasteiger partial charge in [-0.25, -0.2) is 4.79 Å². The first-order valence-electron chi connectivity index (χ1n) is 5.95. The maximum Gasteiger partial charge on any atom is 0.327 e. The quantitative estimate of drug-likeness (QED) is 0.717. The summed E-state index contributed by atoms with van der Waals surface area (Å²) in [7, 11) is 1.76. The number of carbonyl (C=O) groups excluding carboxylic acids is 2. The van der Waals surface area contributed by atoms with Crippen molar-refractivity contribution >= 4 is 23.4 Å². The summed E-state index contributed by atoms with van der Waals surface area (Å²) in [6, 6.07) is 7.56. The van der Waals surface area contributed by atoms with Crippen molar-refractivity contribution in [2.45, 2.75) is 6.92 Å². The molecule has 0 unspecified atom stereocenters. The molecule has 0 radical (unpaired) electrons. The lowest BCUT2D eigenvalue weighted by Gasteiger charge is -2.06. The average Bonchev–Trinajstić information content (AvgIpc) is 2.68. The van der Waals surface area contributed by atoms with E-state index in [0.717, 1.165) is 5.69 Å². The Morgan fingerprint density at radius 3 is 2.60 bits per heavy atom. The van der Waals surface area contributed by atoms with E-state index in [9.17, 15) is 9.59 Å². The van der Waals surface area contributed by atoms with Gasteiger partial charge >= 0.3 is 6.03 Å². The molecule has 104 valence electrons. The number of aryl methyl sites for hydroxylation is 2. The number of urea groups is 1. The lowest BCUT2D eigenvalue weighted by molar-refractivity contribution is 0.0968. The zero-order chi connectivity index (χ0) is 14.7. The van der Waals surface area contributed by atoms with E-state index < -0.39 is 11.9 Å². The normalized spacial score (nSPS) is 10.1. The third-order valence-corrected chi connectivity index (χ3v) is 2.79. The topological polar surface area (TPSA) is 102 Å². The number of anilines is 2. The highest BCUT2D eigenvalue weighted by atomic mass is 16.2. The second kappa shape index (κ2) is 5.43. The summed E-state index contributed by atoms with van der Waals surface area (Å²) in [5, 5.41) is 8.73. The first-order valence-corrected chi connectivity index (χ1v) is 5.95. The summed E-state index contributed by atoms with van der Waals surface area (Å²) in [5.41, 5.74) is 7.11. The number of nitrogens with zero attached hydrogens (tertiary/aromatic N) is 2. The van der Waals surface area contributed by atoms with Crippen molar-refractivity contribution in [3.8, 4) is 0 Å². The van der Waals surface area contributed by atoms with Crippen molar-refractivity contribution in [1.29, 1.82) is 0 Å². The number of hydrogen-bond acceptors (Lipinski definition) is 4. The molecule has 0 aliphatic rings. The SMILES string of the molecule is Cc1cc(NC(=O)NC(=O)c2ccccc2N)nn1C. The van der Waals surface area contributed by atoms with E-state index in [1.807, 2.05) is 6.92 Å². The zero-order valence-corrected chi connectivity index (χ0v) is 11.2. The summed E-state index contributed by atoms with van der Waals surface area (Å²) < 4.78 is 1.62. The van der Waals surface area contributed by atoms with Crippen LogP contribution in [0.2, 0.25) is 0 Å². The number of benzene rings is 1. The van der Waals surface area contributed by atoms with E-state index in [1.165, 1.54) is 0 Å². The highest BCUT2D eigenvalue weighted by Crippen LogP contribution is 2.10. The van der Waals surface area contributed by atoms with Gasteiger partial charge in [0.25, 0.3) is 5.91 Å². The Hall–Kier alpha value is -2.83. The smallest absolute Gasteiger partial charge is 0.327 e. The molecule has 4 N–H and O–H groups in total. The second-order valence-electron chi connectivity index (χ2n) is 4.29. The number of rotatable bonds is 2. The third kappa shape index (κ3) is 2.94. The predicted molar refractivity (Wildman–Crippen MR) is 75.3 cm³/mol. The van der Waals surface area contributed by atoms with Gasteiger partial charge in [-0.05, 0) is 19.1 Å². The Morgan fingerprint density at radius 1 is 1.30 bits per heavy atom. The fraction of sp³-hybridized carbons (Fsp3) is 0.154. The molecule has 1 heterocycles. The van der Waals surface area contributed by atoms with Crippen LogP contribution in [0.15, 0.2) is 30.3 Å². The maximum atomic E-state index is 11.9. The first-order chi connectivity index (χ1) is 9.47. The third-order valence-electron chi connectivity index (χ3n) is 2.79. The van der Waals surface area contributed by atoms with Crippen molar-refractivity contribution in [3.05, 3.63) is 41.6 Å². The van der Waals surface area contributed by atoms with Crippen LogP contribution < -0.4 is 16.4 Å². The van der Waals surface area contributed by atoms with Gasteiger partial charge < -0.3 is 5.73 Å². The Bertz CT molecular complexity index is 643. The zero-order valence-electron chi connectivity index (χ0n) is 11.2.